The summed E-state index contributed by atoms with van der Waals surface area (Å²) in [6.45, 7) is 0.547. The van der Waals surface area contributed by atoms with Crippen LogP contribution in [0.1, 0.15) is 25.7 Å². The molecule has 0 aromatic heterocycles. The molecule has 0 saturated carbocycles. The monoisotopic (exact) mass is 317 g/mol. The second kappa shape index (κ2) is 6.78. The van der Waals surface area contributed by atoms with E-state index in [9.17, 15) is 8.42 Å². The minimum Gasteiger partial charge on any atom is -0.497 e. The summed E-state index contributed by atoms with van der Waals surface area (Å²) in [5.41, 5.74) is 0. The molecule has 4 nitrogen and oxygen atoms in total. The van der Waals surface area contributed by atoms with Gasteiger partial charge in [0.05, 0.1) is 12.0 Å². The Balaban J connectivity index is 2.30. The standard InChI is InChI=1S/C14H20ClNO3S/c1-19-13-6-8-14(9-7-13)20(17,18)16-10-4-2-3-5-12(16)11-15/h6-9,12H,2-5,10-11H2,1H3. The van der Waals surface area contributed by atoms with Gasteiger partial charge in [0.25, 0.3) is 0 Å². The van der Waals surface area contributed by atoms with Gasteiger partial charge >= 0.3 is 0 Å². The van der Waals surface area contributed by atoms with E-state index in [1.54, 1.807) is 35.7 Å². The van der Waals surface area contributed by atoms with Crippen molar-refractivity contribution in [2.24, 2.45) is 0 Å². The van der Waals surface area contributed by atoms with E-state index >= 15 is 0 Å². The first-order valence-electron chi connectivity index (χ1n) is 6.81. The fourth-order valence-electron chi connectivity index (χ4n) is 2.50. The second-order valence-electron chi connectivity index (χ2n) is 4.95. The van der Waals surface area contributed by atoms with Crippen molar-refractivity contribution in [3.63, 3.8) is 0 Å². The summed E-state index contributed by atoms with van der Waals surface area (Å²) >= 11 is 5.96. The molecule has 1 saturated heterocycles. The number of rotatable bonds is 4. The lowest BCUT2D eigenvalue weighted by Gasteiger charge is -2.27. The van der Waals surface area contributed by atoms with Crippen molar-refractivity contribution in [2.75, 3.05) is 19.5 Å². The van der Waals surface area contributed by atoms with Crippen molar-refractivity contribution in [1.29, 1.82) is 0 Å². The van der Waals surface area contributed by atoms with Crippen LogP contribution in [0, 0.1) is 0 Å². The highest BCUT2D eigenvalue weighted by atomic mass is 35.5. The number of methoxy groups -OCH3 is 1. The average Bonchev–Trinajstić information content (AvgIpc) is 2.73. The first-order chi connectivity index (χ1) is 9.59. The SMILES string of the molecule is COc1ccc(S(=O)(=O)N2CCCCCC2CCl)cc1. The minimum absolute atomic E-state index is 0.105. The number of halogens is 1. The third-order valence-electron chi connectivity index (χ3n) is 3.67. The average molecular weight is 318 g/mol. The summed E-state index contributed by atoms with van der Waals surface area (Å²) in [7, 11) is -1.92. The van der Waals surface area contributed by atoms with Gasteiger partial charge in [-0.05, 0) is 37.1 Å². The van der Waals surface area contributed by atoms with Crippen LogP contribution in [0.3, 0.4) is 0 Å². The molecule has 0 bridgehead atoms. The van der Waals surface area contributed by atoms with Crippen LogP contribution in [0.4, 0.5) is 0 Å². The third-order valence-corrected chi connectivity index (χ3v) is 5.99. The fourth-order valence-corrected chi connectivity index (χ4v) is 4.60. The Morgan fingerprint density at radius 1 is 1.25 bits per heavy atom. The van der Waals surface area contributed by atoms with E-state index in [1.807, 2.05) is 0 Å². The zero-order valence-electron chi connectivity index (χ0n) is 11.6. The zero-order valence-corrected chi connectivity index (χ0v) is 13.2. The van der Waals surface area contributed by atoms with Crippen molar-refractivity contribution in [2.45, 2.75) is 36.6 Å². The molecule has 0 amide bonds. The summed E-state index contributed by atoms with van der Waals surface area (Å²) in [6, 6.07) is 6.40. The van der Waals surface area contributed by atoms with Gasteiger partial charge in [-0.15, -0.1) is 11.6 Å². The van der Waals surface area contributed by atoms with Crippen molar-refractivity contribution >= 4 is 21.6 Å². The maximum Gasteiger partial charge on any atom is 0.243 e. The molecule has 0 N–H and O–H groups in total. The van der Waals surface area contributed by atoms with Crippen molar-refractivity contribution in [3.05, 3.63) is 24.3 Å². The largest absolute Gasteiger partial charge is 0.497 e. The van der Waals surface area contributed by atoms with Crippen LogP contribution in [0.15, 0.2) is 29.2 Å². The maximum atomic E-state index is 12.7. The quantitative estimate of drug-likeness (QED) is 0.802. The first kappa shape index (κ1) is 15.6. The van der Waals surface area contributed by atoms with Crippen molar-refractivity contribution in [3.8, 4) is 5.75 Å². The Morgan fingerprint density at radius 2 is 1.95 bits per heavy atom. The smallest absolute Gasteiger partial charge is 0.243 e. The highest BCUT2D eigenvalue weighted by Gasteiger charge is 2.31. The van der Waals surface area contributed by atoms with Gasteiger partial charge in [-0.1, -0.05) is 12.8 Å². The molecule has 0 aliphatic carbocycles. The predicted octanol–water partition coefficient (Wildman–Crippen LogP) is 2.87. The first-order valence-corrected chi connectivity index (χ1v) is 8.79. The molecule has 1 heterocycles. The van der Waals surface area contributed by atoms with E-state index in [2.05, 4.69) is 0 Å². The van der Waals surface area contributed by atoms with Gasteiger partial charge in [0, 0.05) is 18.5 Å². The molecular weight excluding hydrogens is 298 g/mol. The number of ether oxygens (including phenoxy) is 1. The van der Waals surface area contributed by atoms with E-state index in [4.69, 9.17) is 16.3 Å². The van der Waals surface area contributed by atoms with Crippen LogP contribution < -0.4 is 4.74 Å². The van der Waals surface area contributed by atoms with Crippen molar-refractivity contribution in [1.82, 2.24) is 4.31 Å². The molecule has 1 aromatic rings. The molecule has 1 unspecified atom stereocenters. The minimum atomic E-state index is -3.48. The van der Waals surface area contributed by atoms with Crippen LogP contribution in [0.25, 0.3) is 0 Å². The van der Waals surface area contributed by atoms with Gasteiger partial charge in [-0.25, -0.2) is 8.42 Å². The predicted molar refractivity (Wildman–Crippen MR) is 79.9 cm³/mol. The molecule has 2 rings (SSSR count). The molecule has 6 heteroatoms. The number of sulfonamides is 1. The number of benzene rings is 1. The van der Waals surface area contributed by atoms with Crippen molar-refractivity contribution < 1.29 is 13.2 Å². The molecule has 1 fully saturated rings. The molecule has 1 aliphatic rings. The molecular formula is C14H20ClNO3S. The Kier molecular flexibility index (Phi) is 5.29. The number of hydrogen-bond donors (Lipinski definition) is 0. The summed E-state index contributed by atoms with van der Waals surface area (Å²) in [5, 5.41) is 0. The molecule has 0 spiro atoms. The number of hydrogen-bond acceptors (Lipinski definition) is 3. The maximum absolute atomic E-state index is 12.7. The second-order valence-corrected chi connectivity index (χ2v) is 7.15. The highest BCUT2D eigenvalue weighted by molar-refractivity contribution is 7.89. The Bertz CT molecular complexity index is 530. The topological polar surface area (TPSA) is 46.6 Å². The lowest BCUT2D eigenvalue weighted by molar-refractivity contribution is 0.345. The lowest BCUT2D eigenvalue weighted by Crippen LogP contribution is -2.41. The van der Waals surface area contributed by atoms with E-state index in [-0.39, 0.29) is 6.04 Å². The summed E-state index contributed by atoms with van der Waals surface area (Å²) < 4.78 is 32.1. The van der Waals surface area contributed by atoms with Crippen LogP contribution >= 0.6 is 11.6 Å². The van der Waals surface area contributed by atoms with Gasteiger partial charge < -0.3 is 4.74 Å². The number of alkyl halides is 1. The van der Waals surface area contributed by atoms with Crippen LogP contribution in [-0.2, 0) is 10.0 Å². The highest BCUT2D eigenvalue weighted by Crippen LogP contribution is 2.26. The lowest BCUT2D eigenvalue weighted by atomic mass is 10.1. The summed E-state index contributed by atoms with van der Waals surface area (Å²) in [5.74, 6) is 0.990. The van der Waals surface area contributed by atoms with Gasteiger partial charge in [-0.3, -0.25) is 0 Å². The molecule has 0 radical (unpaired) electrons. The van der Waals surface area contributed by atoms with Crippen LogP contribution in [-0.4, -0.2) is 38.3 Å². The van der Waals surface area contributed by atoms with E-state index in [0.29, 0.717) is 23.1 Å². The molecule has 1 aromatic carbocycles. The molecule has 112 valence electrons. The normalized spacial score (nSPS) is 21.4. The van der Waals surface area contributed by atoms with Gasteiger partial charge in [0.2, 0.25) is 10.0 Å². The van der Waals surface area contributed by atoms with E-state index < -0.39 is 10.0 Å². The summed E-state index contributed by atoms with van der Waals surface area (Å²) in [4.78, 5) is 0.301. The van der Waals surface area contributed by atoms with Gasteiger partial charge in [0.15, 0.2) is 0 Å². The number of nitrogens with zero attached hydrogens (tertiary/aromatic N) is 1. The van der Waals surface area contributed by atoms with Crippen LogP contribution in [0.2, 0.25) is 0 Å². The molecule has 20 heavy (non-hydrogen) atoms. The third kappa shape index (κ3) is 3.27. The zero-order chi connectivity index (χ0) is 14.6. The fraction of sp³-hybridized carbons (Fsp3) is 0.571. The van der Waals surface area contributed by atoms with Gasteiger partial charge in [0.1, 0.15) is 5.75 Å². The Labute approximate surface area is 125 Å². The molecule has 1 aliphatic heterocycles. The Morgan fingerprint density at radius 3 is 2.55 bits per heavy atom. The summed E-state index contributed by atoms with van der Waals surface area (Å²) in [6.07, 6.45) is 3.82. The van der Waals surface area contributed by atoms with E-state index in [1.165, 1.54) is 0 Å². The molecule has 1 atom stereocenters. The van der Waals surface area contributed by atoms with E-state index in [0.717, 1.165) is 25.7 Å². The van der Waals surface area contributed by atoms with Crippen LogP contribution in [0.5, 0.6) is 5.75 Å². The van der Waals surface area contributed by atoms with Gasteiger partial charge in [-0.2, -0.15) is 4.31 Å². The Hall–Kier alpha value is -0.780.